The SMILES string of the molecule is CNC(=O)c1ccc2c(c1)CCO[C@H]2CCN1CCN(c2ccc(OS(=O)(=O)C(F)(F)F)cc2)CC1. The van der Waals surface area contributed by atoms with Crippen molar-refractivity contribution in [2.45, 2.75) is 24.5 Å². The van der Waals surface area contributed by atoms with E-state index < -0.39 is 15.6 Å². The molecule has 2 heterocycles. The topological polar surface area (TPSA) is 88.2 Å². The van der Waals surface area contributed by atoms with Crippen LogP contribution in [0, 0.1) is 0 Å². The molecule has 4 rings (SSSR count). The first-order chi connectivity index (χ1) is 17.1. The molecule has 2 aliphatic heterocycles. The number of alkyl halides is 3. The van der Waals surface area contributed by atoms with Gasteiger partial charge in [0.1, 0.15) is 5.75 Å². The third-order valence-electron chi connectivity index (χ3n) is 6.44. The van der Waals surface area contributed by atoms with E-state index in [0.29, 0.717) is 12.2 Å². The summed E-state index contributed by atoms with van der Waals surface area (Å²) in [5, 5.41) is 2.65. The molecule has 1 N–H and O–H groups in total. The first-order valence-electron chi connectivity index (χ1n) is 11.6. The van der Waals surface area contributed by atoms with Crippen LogP contribution in [0.3, 0.4) is 0 Å². The monoisotopic (exact) mass is 527 g/mol. The van der Waals surface area contributed by atoms with E-state index in [1.165, 1.54) is 12.1 Å². The van der Waals surface area contributed by atoms with Gasteiger partial charge >= 0.3 is 15.6 Å². The Morgan fingerprint density at radius 3 is 2.44 bits per heavy atom. The van der Waals surface area contributed by atoms with Crippen LogP contribution < -0.4 is 14.4 Å². The summed E-state index contributed by atoms with van der Waals surface area (Å²) in [6.45, 7) is 4.51. The van der Waals surface area contributed by atoms with Crippen LogP contribution in [-0.4, -0.2) is 71.1 Å². The number of carbonyl (C=O) groups is 1. The molecule has 8 nitrogen and oxygen atoms in total. The molecule has 2 aromatic carbocycles. The van der Waals surface area contributed by atoms with Crippen LogP contribution in [-0.2, 0) is 21.3 Å². The summed E-state index contributed by atoms with van der Waals surface area (Å²) in [4.78, 5) is 16.3. The lowest BCUT2D eigenvalue weighted by Gasteiger charge is -2.37. The Balaban J connectivity index is 1.28. The van der Waals surface area contributed by atoms with Crippen LogP contribution >= 0.6 is 0 Å². The maximum atomic E-state index is 12.5. The summed E-state index contributed by atoms with van der Waals surface area (Å²) in [5.41, 5.74) is -1.77. The number of piperazine rings is 1. The number of nitrogens with one attached hydrogen (secondary N) is 1. The van der Waals surface area contributed by atoms with Gasteiger partial charge in [0.05, 0.1) is 12.7 Å². The Morgan fingerprint density at radius 1 is 1.11 bits per heavy atom. The molecule has 1 fully saturated rings. The van der Waals surface area contributed by atoms with Gasteiger partial charge in [-0.3, -0.25) is 9.69 Å². The maximum absolute atomic E-state index is 12.5. The summed E-state index contributed by atoms with van der Waals surface area (Å²) in [6.07, 6.45) is 1.58. The Morgan fingerprint density at radius 2 is 1.81 bits per heavy atom. The van der Waals surface area contributed by atoms with Gasteiger partial charge in [0, 0.05) is 51.0 Å². The van der Waals surface area contributed by atoms with Crippen LogP contribution in [0.1, 0.15) is 34.0 Å². The smallest absolute Gasteiger partial charge is 0.376 e. The van der Waals surface area contributed by atoms with Crippen LogP contribution in [0.4, 0.5) is 18.9 Å². The summed E-state index contributed by atoms with van der Waals surface area (Å²) >= 11 is 0. The van der Waals surface area contributed by atoms with Crippen molar-refractivity contribution in [1.82, 2.24) is 10.2 Å². The molecule has 0 radical (unpaired) electrons. The van der Waals surface area contributed by atoms with E-state index in [0.717, 1.165) is 62.4 Å². The molecule has 0 saturated carbocycles. The Bertz CT molecular complexity index is 1180. The predicted octanol–water partition coefficient (Wildman–Crippen LogP) is 3.10. The molecule has 0 unspecified atom stereocenters. The fourth-order valence-corrected chi connectivity index (χ4v) is 4.94. The van der Waals surface area contributed by atoms with Gasteiger partial charge in [-0.1, -0.05) is 6.07 Å². The molecule has 1 atom stereocenters. The zero-order chi connectivity index (χ0) is 25.9. The van der Waals surface area contributed by atoms with Gasteiger partial charge in [-0.2, -0.15) is 21.6 Å². The standard InChI is InChI=1S/C24H28F3N3O5S/c1-28-23(31)18-2-7-21-17(16-18)9-15-34-22(21)8-10-29-11-13-30(14-12-29)19-3-5-20(6-4-19)35-36(32,33)24(25,26)27/h2-7,16,22H,8-15H2,1H3,(H,28,31)/t22-/m0/s1. The van der Waals surface area contributed by atoms with Crippen molar-refractivity contribution in [2.24, 2.45) is 0 Å². The fourth-order valence-electron chi connectivity index (χ4n) is 4.48. The molecule has 2 aliphatic rings. The second kappa shape index (κ2) is 10.7. The second-order valence-electron chi connectivity index (χ2n) is 8.70. The third kappa shape index (κ3) is 5.93. The first-order valence-corrected chi connectivity index (χ1v) is 13.0. The number of fused-ring (bicyclic) bond motifs is 1. The van der Waals surface area contributed by atoms with Gasteiger partial charge in [-0.25, -0.2) is 0 Å². The van der Waals surface area contributed by atoms with E-state index in [1.54, 1.807) is 19.2 Å². The highest BCUT2D eigenvalue weighted by atomic mass is 32.2. The quantitative estimate of drug-likeness (QED) is 0.437. The number of ether oxygens (including phenoxy) is 1. The van der Waals surface area contributed by atoms with Crippen LogP contribution in [0.15, 0.2) is 42.5 Å². The van der Waals surface area contributed by atoms with E-state index in [2.05, 4.69) is 19.3 Å². The van der Waals surface area contributed by atoms with Gasteiger partial charge in [-0.05, 0) is 60.4 Å². The summed E-state index contributed by atoms with van der Waals surface area (Å²) in [6, 6.07) is 11.3. The van der Waals surface area contributed by atoms with Gasteiger partial charge in [0.15, 0.2) is 0 Å². The van der Waals surface area contributed by atoms with E-state index >= 15 is 0 Å². The molecule has 12 heteroatoms. The van der Waals surface area contributed by atoms with Crippen molar-refractivity contribution in [3.05, 3.63) is 59.2 Å². The maximum Gasteiger partial charge on any atom is 0.534 e. The number of amides is 1. The first kappa shape index (κ1) is 26.2. The van der Waals surface area contributed by atoms with E-state index in [9.17, 15) is 26.4 Å². The molecule has 0 spiro atoms. The van der Waals surface area contributed by atoms with Crippen LogP contribution in [0.5, 0.6) is 5.75 Å². The van der Waals surface area contributed by atoms with Crippen molar-refractivity contribution in [2.75, 3.05) is 51.3 Å². The van der Waals surface area contributed by atoms with Crippen molar-refractivity contribution in [3.8, 4) is 5.75 Å². The number of rotatable bonds is 7. The number of anilines is 1. The number of carbonyl (C=O) groups excluding carboxylic acids is 1. The normalized spacial score (nSPS) is 19.0. The molecular formula is C24H28F3N3O5S. The number of nitrogens with zero attached hydrogens (tertiary/aromatic N) is 2. The highest BCUT2D eigenvalue weighted by Gasteiger charge is 2.48. The minimum absolute atomic E-state index is 0.0222. The van der Waals surface area contributed by atoms with Crippen molar-refractivity contribution in [1.29, 1.82) is 0 Å². The van der Waals surface area contributed by atoms with E-state index in [1.807, 2.05) is 18.2 Å². The second-order valence-corrected chi connectivity index (χ2v) is 10.2. The fraction of sp³-hybridized carbons (Fsp3) is 0.458. The van der Waals surface area contributed by atoms with Gasteiger partial charge < -0.3 is 19.1 Å². The number of hydrogen-bond acceptors (Lipinski definition) is 7. The average Bonchev–Trinajstić information content (AvgIpc) is 2.86. The summed E-state index contributed by atoms with van der Waals surface area (Å²) in [7, 11) is -4.07. The molecule has 1 saturated heterocycles. The molecule has 0 aliphatic carbocycles. The van der Waals surface area contributed by atoms with Crippen molar-refractivity contribution in [3.63, 3.8) is 0 Å². The molecular weight excluding hydrogens is 499 g/mol. The molecule has 36 heavy (non-hydrogen) atoms. The summed E-state index contributed by atoms with van der Waals surface area (Å²) in [5.74, 6) is -0.489. The largest absolute Gasteiger partial charge is 0.534 e. The highest BCUT2D eigenvalue weighted by Crippen LogP contribution is 2.31. The van der Waals surface area contributed by atoms with Gasteiger partial charge in [0.25, 0.3) is 5.91 Å². The minimum Gasteiger partial charge on any atom is -0.376 e. The molecule has 196 valence electrons. The van der Waals surface area contributed by atoms with E-state index in [4.69, 9.17) is 4.74 Å². The number of hydrogen-bond donors (Lipinski definition) is 1. The van der Waals surface area contributed by atoms with Crippen molar-refractivity contribution >= 4 is 21.7 Å². The minimum atomic E-state index is -5.69. The lowest BCUT2D eigenvalue weighted by atomic mass is 9.93. The molecule has 0 aromatic heterocycles. The summed E-state index contributed by atoms with van der Waals surface area (Å²) < 4.78 is 70.0. The van der Waals surface area contributed by atoms with Crippen LogP contribution in [0.25, 0.3) is 0 Å². The Hall–Kier alpha value is -2.83. The zero-order valence-corrected chi connectivity index (χ0v) is 20.6. The van der Waals surface area contributed by atoms with Gasteiger partial charge in [0.2, 0.25) is 0 Å². The Labute approximate surface area is 208 Å². The zero-order valence-electron chi connectivity index (χ0n) is 19.8. The average molecular weight is 528 g/mol. The highest BCUT2D eigenvalue weighted by molar-refractivity contribution is 7.88. The van der Waals surface area contributed by atoms with E-state index in [-0.39, 0.29) is 17.8 Å². The Kier molecular flexibility index (Phi) is 7.76. The van der Waals surface area contributed by atoms with Crippen LogP contribution in [0.2, 0.25) is 0 Å². The van der Waals surface area contributed by atoms with Gasteiger partial charge in [-0.15, -0.1) is 0 Å². The van der Waals surface area contributed by atoms with Crippen molar-refractivity contribution < 1.29 is 35.3 Å². The lowest BCUT2D eigenvalue weighted by molar-refractivity contribution is -0.0500. The number of halogens is 3. The predicted molar refractivity (Wildman–Crippen MR) is 128 cm³/mol. The molecule has 2 aromatic rings. The third-order valence-corrected chi connectivity index (χ3v) is 7.42. The molecule has 1 amide bonds. The molecule has 0 bridgehead atoms. The number of benzene rings is 2. The lowest BCUT2D eigenvalue weighted by Crippen LogP contribution is -2.46.